The van der Waals surface area contributed by atoms with E-state index in [1.165, 1.54) is 7.11 Å². The van der Waals surface area contributed by atoms with Gasteiger partial charge in [0.2, 0.25) is 5.91 Å². The van der Waals surface area contributed by atoms with Gasteiger partial charge in [-0.05, 0) is 0 Å². The molecule has 116 valence electrons. The smallest absolute Gasteiger partial charge is 0.331 e. The van der Waals surface area contributed by atoms with Gasteiger partial charge in [-0.25, -0.2) is 9.59 Å². The summed E-state index contributed by atoms with van der Waals surface area (Å²) in [5.74, 6) is -2.01. The van der Waals surface area contributed by atoms with E-state index in [0.29, 0.717) is 0 Å². The number of rotatable bonds is 12. The highest BCUT2D eigenvalue weighted by Crippen LogP contribution is 1.81. The molecule has 0 aromatic rings. The molecule has 9 nitrogen and oxygen atoms in total. The molecule has 0 rings (SSSR count). The van der Waals surface area contributed by atoms with E-state index in [0.717, 1.165) is 0 Å². The minimum absolute atomic E-state index is 0.127. The lowest BCUT2D eigenvalue weighted by Gasteiger charge is -2.07. The molecule has 0 atom stereocenters. The molecule has 9 heteroatoms. The zero-order valence-corrected chi connectivity index (χ0v) is 11.3. The van der Waals surface area contributed by atoms with Crippen LogP contribution in [-0.4, -0.2) is 76.2 Å². The summed E-state index contributed by atoms with van der Waals surface area (Å²) in [6.07, 6.45) is 0. The summed E-state index contributed by atoms with van der Waals surface area (Å²) >= 11 is 0. The van der Waals surface area contributed by atoms with Gasteiger partial charge in [-0.15, -0.1) is 0 Å². The first kappa shape index (κ1) is 18.3. The number of carboxylic acids is 1. The number of methoxy groups -OCH3 is 1. The molecule has 0 unspecified atom stereocenters. The van der Waals surface area contributed by atoms with Gasteiger partial charge in [-0.3, -0.25) is 4.79 Å². The summed E-state index contributed by atoms with van der Waals surface area (Å²) in [7, 11) is 1.27. The van der Waals surface area contributed by atoms with Crippen LogP contribution in [0.5, 0.6) is 0 Å². The Morgan fingerprint density at radius 1 is 0.950 bits per heavy atom. The second-order valence-electron chi connectivity index (χ2n) is 3.48. The van der Waals surface area contributed by atoms with Crippen LogP contribution in [0.1, 0.15) is 0 Å². The maximum atomic E-state index is 11.1. The third kappa shape index (κ3) is 12.7. The number of hydrogen-bond donors (Lipinski definition) is 2. The van der Waals surface area contributed by atoms with E-state index in [1.54, 1.807) is 0 Å². The van der Waals surface area contributed by atoms with E-state index < -0.39 is 24.5 Å². The molecule has 0 spiro atoms. The molecule has 0 aliphatic rings. The van der Waals surface area contributed by atoms with Crippen LogP contribution in [-0.2, 0) is 33.3 Å². The van der Waals surface area contributed by atoms with Crippen molar-refractivity contribution in [2.45, 2.75) is 0 Å². The van der Waals surface area contributed by atoms with Gasteiger partial charge in [-0.1, -0.05) is 0 Å². The number of carbonyl (C=O) groups excluding carboxylic acids is 2. The van der Waals surface area contributed by atoms with Gasteiger partial charge in [0.15, 0.2) is 0 Å². The Bertz CT molecular complexity index is 307. The summed E-state index contributed by atoms with van der Waals surface area (Å²) < 4.78 is 19.0. The third-order valence-corrected chi connectivity index (χ3v) is 1.85. The van der Waals surface area contributed by atoms with Crippen LogP contribution in [0, 0.1) is 0 Å². The van der Waals surface area contributed by atoms with Crippen LogP contribution < -0.4 is 5.32 Å². The highest BCUT2D eigenvalue weighted by atomic mass is 16.6. The Morgan fingerprint density at radius 2 is 1.65 bits per heavy atom. The Hall–Kier alpha value is -1.71. The molecular weight excluding hydrogens is 274 g/mol. The van der Waals surface area contributed by atoms with E-state index in [2.05, 4.69) is 14.8 Å². The normalized spacial score (nSPS) is 10.1. The Balaban J connectivity index is 3.25. The third-order valence-electron chi connectivity index (χ3n) is 1.85. The van der Waals surface area contributed by atoms with Crippen LogP contribution in [0.3, 0.4) is 0 Å². The van der Waals surface area contributed by atoms with E-state index in [4.69, 9.17) is 14.6 Å². The van der Waals surface area contributed by atoms with Crippen molar-refractivity contribution in [3.05, 3.63) is 0 Å². The minimum Gasteiger partial charge on any atom is -0.480 e. The number of aliphatic carboxylic acids is 1. The van der Waals surface area contributed by atoms with Gasteiger partial charge in [0, 0.05) is 6.54 Å². The molecule has 0 radical (unpaired) electrons. The topological polar surface area (TPSA) is 120 Å². The first-order valence-electron chi connectivity index (χ1n) is 5.84. The molecule has 1 amide bonds. The number of hydrogen-bond acceptors (Lipinski definition) is 7. The highest BCUT2D eigenvalue weighted by molar-refractivity contribution is 5.77. The Kier molecular flexibility index (Phi) is 11.3. The molecule has 20 heavy (non-hydrogen) atoms. The number of carboxylic acid groups (broad SMARTS) is 1. The van der Waals surface area contributed by atoms with Crippen molar-refractivity contribution in [2.75, 3.05) is 53.3 Å². The quantitative estimate of drug-likeness (QED) is 0.326. The lowest BCUT2D eigenvalue weighted by Crippen LogP contribution is -2.31. The molecule has 0 aromatic carbocycles. The molecule has 0 aromatic heterocycles. The molecule has 0 saturated carbocycles. The van der Waals surface area contributed by atoms with E-state index in [9.17, 15) is 14.4 Å². The monoisotopic (exact) mass is 293 g/mol. The van der Waals surface area contributed by atoms with E-state index in [-0.39, 0.29) is 39.6 Å². The standard InChI is InChI=1S/C11H19NO8/c1-17-11(16)8-19-5-4-18-3-2-12-9(13)6-20-7-10(14)15/h2-8H2,1H3,(H,12,13)(H,14,15). The average Bonchev–Trinajstić information content (AvgIpc) is 2.40. The van der Waals surface area contributed by atoms with Crippen LogP contribution in [0.25, 0.3) is 0 Å². The summed E-state index contributed by atoms with van der Waals surface area (Å²) in [5.41, 5.74) is 0. The number of carbonyl (C=O) groups is 3. The summed E-state index contributed by atoms with van der Waals surface area (Å²) in [6.45, 7) is 0.110. The van der Waals surface area contributed by atoms with Crippen molar-refractivity contribution in [1.82, 2.24) is 5.32 Å². The summed E-state index contributed by atoms with van der Waals surface area (Å²) in [5, 5.41) is 10.8. The van der Waals surface area contributed by atoms with Crippen molar-refractivity contribution in [3.63, 3.8) is 0 Å². The molecule has 0 aliphatic carbocycles. The van der Waals surface area contributed by atoms with Crippen molar-refractivity contribution in [2.24, 2.45) is 0 Å². The molecule has 0 saturated heterocycles. The van der Waals surface area contributed by atoms with Crippen LogP contribution in [0.15, 0.2) is 0 Å². The first-order valence-corrected chi connectivity index (χ1v) is 5.84. The zero-order chi connectivity index (χ0) is 15.2. The molecule has 0 heterocycles. The van der Waals surface area contributed by atoms with Gasteiger partial charge < -0.3 is 29.4 Å². The number of esters is 1. The van der Waals surface area contributed by atoms with Gasteiger partial charge in [0.05, 0.1) is 26.9 Å². The van der Waals surface area contributed by atoms with Crippen molar-refractivity contribution < 1.29 is 38.4 Å². The fraction of sp³-hybridized carbons (Fsp3) is 0.727. The predicted molar refractivity (Wildman–Crippen MR) is 65.1 cm³/mol. The fourth-order valence-electron chi connectivity index (χ4n) is 0.979. The van der Waals surface area contributed by atoms with Gasteiger partial charge in [0.25, 0.3) is 0 Å². The minimum atomic E-state index is -1.13. The highest BCUT2D eigenvalue weighted by Gasteiger charge is 2.03. The second kappa shape index (κ2) is 12.3. The SMILES string of the molecule is COC(=O)COCCOCCNC(=O)COCC(=O)O. The molecule has 0 aliphatic heterocycles. The van der Waals surface area contributed by atoms with Crippen molar-refractivity contribution in [3.8, 4) is 0 Å². The first-order chi connectivity index (χ1) is 9.56. The number of ether oxygens (including phenoxy) is 4. The molecular formula is C11H19NO8. The van der Waals surface area contributed by atoms with Gasteiger partial charge in [0.1, 0.15) is 19.8 Å². The average molecular weight is 293 g/mol. The largest absolute Gasteiger partial charge is 0.480 e. The van der Waals surface area contributed by atoms with Crippen molar-refractivity contribution >= 4 is 17.8 Å². The lowest BCUT2D eigenvalue weighted by molar-refractivity contribution is -0.146. The van der Waals surface area contributed by atoms with Crippen LogP contribution in [0.4, 0.5) is 0 Å². The number of amides is 1. The van der Waals surface area contributed by atoms with E-state index >= 15 is 0 Å². The van der Waals surface area contributed by atoms with E-state index in [1.807, 2.05) is 0 Å². The van der Waals surface area contributed by atoms with Gasteiger partial charge in [-0.2, -0.15) is 0 Å². The lowest BCUT2D eigenvalue weighted by atomic mass is 10.6. The number of nitrogens with one attached hydrogen (secondary N) is 1. The Morgan fingerprint density at radius 3 is 2.30 bits per heavy atom. The predicted octanol–water partition coefficient (Wildman–Crippen LogP) is -1.59. The molecule has 0 bridgehead atoms. The molecule has 2 N–H and O–H groups in total. The fourth-order valence-corrected chi connectivity index (χ4v) is 0.979. The van der Waals surface area contributed by atoms with Crippen molar-refractivity contribution in [1.29, 1.82) is 0 Å². The van der Waals surface area contributed by atoms with Gasteiger partial charge >= 0.3 is 11.9 Å². The summed E-state index contributed by atoms with van der Waals surface area (Å²) in [4.78, 5) is 31.9. The maximum absolute atomic E-state index is 11.1. The maximum Gasteiger partial charge on any atom is 0.331 e. The Labute approximate surface area is 116 Å². The van der Waals surface area contributed by atoms with Crippen LogP contribution in [0.2, 0.25) is 0 Å². The van der Waals surface area contributed by atoms with Crippen LogP contribution >= 0.6 is 0 Å². The zero-order valence-electron chi connectivity index (χ0n) is 11.3. The summed E-state index contributed by atoms with van der Waals surface area (Å²) in [6, 6.07) is 0. The second-order valence-corrected chi connectivity index (χ2v) is 3.48. The molecule has 0 fully saturated rings.